The van der Waals surface area contributed by atoms with Gasteiger partial charge in [0.1, 0.15) is 11.4 Å². The number of halogens is 1. The average Bonchev–Trinajstić information content (AvgIpc) is 2.85. The summed E-state index contributed by atoms with van der Waals surface area (Å²) in [6.45, 7) is 3.93. The third-order valence-electron chi connectivity index (χ3n) is 4.17. The van der Waals surface area contributed by atoms with E-state index in [9.17, 15) is 14.0 Å². The minimum absolute atomic E-state index is 0.110. The molecular weight excluding hydrogens is 309 g/mol. The van der Waals surface area contributed by atoms with E-state index in [1.54, 1.807) is 30.3 Å². The minimum Gasteiger partial charge on any atom is -0.488 e. The summed E-state index contributed by atoms with van der Waals surface area (Å²) in [6, 6.07) is 10.8. The Hall–Kier alpha value is -2.69. The summed E-state index contributed by atoms with van der Waals surface area (Å²) in [6.07, 6.45) is 1.38. The Balaban J connectivity index is 2.07. The Morgan fingerprint density at radius 3 is 2.08 bits per heavy atom. The predicted octanol–water partition coefficient (Wildman–Crippen LogP) is 4.19. The van der Waals surface area contributed by atoms with E-state index in [0.29, 0.717) is 0 Å². The first kappa shape index (κ1) is 16.2. The van der Waals surface area contributed by atoms with Crippen LogP contribution in [0.2, 0.25) is 0 Å². The van der Waals surface area contributed by atoms with Crippen molar-refractivity contribution in [3.8, 4) is 5.75 Å². The first-order chi connectivity index (χ1) is 11.6. The van der Waals surface area contributed by atoms with Crippen LogP contribution in [-0.2, 0) is 0 Å². The van der Waals surface area contributed by atoms with Crippen LogP contribution in [0.1, 0.15) is 47.4 Å². The summed E-state index contributed by atoms with van der Waals surface area (Å²) in [7, 11) is 0. The second kappa shape index (κ2) is 6.43. The number of nitrogens with zero attached hydrogens (tertiary/aromatic N) is 1. The van der Waals surface area contributed by atoms with Crippen molar-refractivity contribution >= 4 is 17.5 Å². The van der Waals surface area contributed by atoms with Gasteiger partial charge in [0.05, 0.1) is 17.2 Å². The Morgan fingerprint density at radius 2 is 1.54 bits per heavy atom. The predicted molar refractivity (Wildman–Crippen MR) is 89.0 cm³/mol. The fraction of sp³-hybridized carbons (Fsp3) is 0.263. The fourth-order valence-electron chi connectivity index (χ4n) is 2.83. The van der Waals surface area contributed by atoms with Crippen LogP contribution in [0, 0.1) is 5.82 Å². The molecule has 2 aromatic carbocycles. The molecule has 3 rings (SSSR count). The van der Waals surface area contributed by atoms with E-state index in [2.05, 4.69) is 0 Å². The number of rotatable bonds is 5. The van der Waals surface area contributed by atoms with Gasteiger partial charge in [-0.25, -0.2) is 9.29 Å². The average molecular weight is 327 g/mol. The summed E-state index contributed by atoms with van der Waals surface area (Å²) < 4.78 is 20.4. The largest absolute Gasteiger partial charge is 0.488 e. The number of amides is 2. The molecule has 2 aromatic rings. The zero-order valence-corrected chi connectivity index (χ0v) is 13.6. The molecule has 0 atom stereocenters. The normalized spacial score (nSPS) is 13.6. The van der Waals surface area contributed by atoms with E-state index < -0.39 is 17.6 Å². The molecule has 0 spiro atoms. The van der Waals surface area contributed by atoms with E-state index in [4.69, 9.17) is 4.74 Å². The number of para-hydroxylation sites is 1. The zero-order valence-electron chi connectivity index (χ0n) is 13.6. The number of imide groups is 1. The lowest BCUT2D eigenvalue weighted by Gasteiger charge is -2.22. The van der Waals surface area contributed by atoms with E-state index >= 15 is 0 Å². The van der Waals surface area contributed by atoms with Crippen molar-refractivity contribution in [1.29, 1.82) is 0 Å². The maximum Gasteiger partial charge on any atom is 0.266 e. The van der Waals surface area contributed by atoms with Crippen LogP contribution in [0.3, 0.4) is 0 Å². The summed E-state index contributed by atoms with van der Waals surface area (Å²) >= 11 is 0. The van der Waals surface area contributed by atoms with Crippen molar-refractivity contribution in [3.05, 3.63) is 59.4 Å². The van der Waals surface area contributed by atoms with Crippen molar-refractivity contribution < 1.29 is 18.7 Å². The van der Waals surface area contributed by atoms with Crippen molar-refractivity contribution in [2.45, 2.75) is 32.8 Å². The van der Waals surface area contributed by atoms with E-state index in [1.807, 2.05) is 13.8 Å². The summed E-state index contributed by atoms with van der Waals surface area (Å²) in [4.78, 5) is 26.1. The smallest absolute Gasteiger partial charge is 0.266 e. The molecule has 24 heavy (non-hydrogen) atoms. The Bertz CT molecular complexity index is 764. The molecule has 124 valence electrons. The zero-order chi connectivity index (χ0) is 17.3. The molecule has 1 heterocycles. The molecule has 1 aliphatic rings. The number of benzene rings is 2. The van der Waals surface area contributed by atoms with E-state index in [-0.39, 0.29) is 28.7 Å². The molecule has 0 aliphatic carbocycles. The number of anilines is 1. The maximum atomic E-state index is 14.5. The van der Waals surface area contributed by atoms with Gasteiger partial charge < -0.3 is 4.74 Å². The monoisotopic (exact) mass is 327 g/mol. The van der Waals surface area contributed by atoms with Gasteiger partial charge in [-0.3, -0.25) is 9.59 Å². The molecule has 0 saturated heterocycles. The van der Waals surface area contributed by atoms with Gasteiger partial charge in [-0.15, -0.1) is 0 Å². The molecule has 0 N–H and O–H groups in total. The first-order valence-corrected chi connectivity index (χ1v) is 8.01. The lowest BCUT2D eigenvalue weighted by atomic mass is 10.1. The van der Waals surface area contributed by atoms with Gasteiger partial charge in [0.2, 0.25) is 0 Å². The van der Waals surface area contributed by atoms with Gasteiger partial charge in [0.15, 0.2) is 5.82 Å². The number of hydrogen-bond donors (Lipinski definition) is 0. The van der Waals surface area contributed by atoms with Gasteiger partial charge >= 0.3 is 0 Å². The quantitative estimate of drug-likeness (QED) is 0.774. The number of hydrogen-bond acceptors (Lipinski definition) is 3. The lowest BCUT2D eigenvalue weighted by Crippen LogP contribution is -2.31. The highest BCUT2D eigenvalue weighted by Crippen LogP contribution is 2.37. The molecule has 0 unspecified atom stereocenters. The van der Waals surface area contributed by atoms with Crippen LogP contribution in [0.5, 0.6) is 5.75 Å². The number of fused-ring (bicyclic) bond motifs is 1. The molecule has 0 fully saturated rings. The molecule has 0 aromatic heterocycles. The molecular formula is C19H18FNO3. The highest BCUT2D eigenvalue weighted by Gasteiger charge is 2.39. The number of carbonyl (C=O) groups excluding carboxylic acids is 2. The van der Waals surface area contributed by atoms with Gasteiger partial charge in [-0.1, -0.05) is 32.0 Å². The molecule has 0 saturated carbocycles. The first-order valence-electron chi connectivity index (χ1n) is 8.01. The van der Waals surface area contributed by atoms with Gasteiger partial charge in [-0.2, -0.15) is 0 Å². The third-order valence-corrected chi connectivity index (χ3v) is 4.17. The van der Waals surface area contributed by atoms with Crippen molar-refractivity contribution in [2.75, 3.05) is 4.90 Å². The van der Waals surface area contributed by atoms with Gasteiger partial charge in [-0.05, 0) is 37.1 Å². The second-order valence-electron chi connectivity index (χ2n) is 5.63. The van der Waals surface area contributed by atoms with Crippen molar-refractivity contribution in [1.82, 2.24) is 0 Å². The number of carbonyl (C=O) groups is 2. The SMILES string of the molecule is CCC(CC)Oc1cccc(F)c1N1C(=O)c2ccccc2C1=O. The van der Waals surface area contributed by atoms with Crippen LogP contribution in [0.4, 0.5) is 10.1 Å². The van der Waals surface area contributed by atoms with Crippen LogP contribution in [0.25, 0.3) is 0 Å². The third kappa shape index (κ3) is 2.56. The molecule has 5 heteroatoms. The number of ether oxygens (including phenoxy) is 1. The highest BCUT2D eigenvalue weighted by atomic mass is 19.1. The van der Waals surface area contributed by atoms with Crippen LogP contribution in [-0.4, -0.2) is 17.9 Å². The highest BCUT2D eigenvalue weighted by molar-refractivity contribution is 6.34. The summed E-state index contributed by atoms with van der Waals surface area (Å²) in [5.74, 6) is -1.52. The van der Waals surface area contributed by atoms with Gasteiger partial charge in [0, 0.05) is 0 Å². The molecule has 2 amide bonds. The Kier molecular flexibility index (Phi) is 4.34. The minimum atomic E-state index is -0.659. The summed E-state index contributed by atoms with van der Waals surface area (Å²) in [5, 5.41) is 0. The molecule has 0 radical (unpaired) electrons. The van der Waals surface area contributed by atoms with Crippen molar-refractivity contribution in [3.63, 3.8) is 0 Å². The Labute approximate surface area is 139 Å². The standard InChI is InChI=1S/C19H18FNO3/c1-3-12(4-2)24-16-11-7-10-15(20)17(16)21-18(22)13-8-5-6-9-14(13)19(21)23/h5-12H,3-4H2,1-2H3. The Morgan fingerprint density at radius 1 is 0.958 bits per heavy atom. The second-order valence-corrected chi connectivity index (χ2v) is 5.63. The van der Waals surface area contributed by atoms with Crippen LogP contribution in [0.15, 0.2) is 42.5 Å². The molecule has 1 aliphatic heterocycles. The topological polar surface area (TPSA) is 46.6 Å². The van der Waals surface area contributed by atoms with Crippen LogP contribution < -0.4 is 9.64 Å². The maximum absolute atomic E-state index is 14.5. The van der Waals surface area contributed by atoms with Crippen molar-refractivity contribution in [2.24, 2.45) is 0 Å². The lowest BCUT2D eigenvalue weighted by molar-refractivity contribution is 0.0922. The molecule has 4 nitrogen and oxygen atoms in total. The van der Waals surface area contributed by atoms with Gasteiger partial charge in [0.25, 0.3) is 11.8 Å². The fourth-order valence-corrected chi connectivity index (χ4v) is 2.83. The summed E-state index contributed by atoms with van der Waals surface area (Å²) in [5.41, 5.74) is 0.439. The van der Waals surface area contributed by atoms with E-state index in [0.717, 1.165) is 17.7 Å². The van der Waals surface area contributed by atoms with E-state index in [1.165, 1.54) is 12.1 Å². The van der Waals surface area contributed by atoms with Crippen LogP contribution >= 0.6 is 0 Å². The molecule has 0 bridgehead atoms.